The van der Waals surface area contributed by atoms with Crippen LogP contribution in [0.25, 0.3) is 10.9 Å². The Hall–Kier alpha value is -2.38. The van der Waals surface area contributed by atoms with Crippen LogP contribution in [0.5, 0.6) is 5.75 Å². The van der Waals surface area contributed by atoms with Crippen molar-refractivity contribution >= 4 is 10.9 Å². The molecule has 1 aliphatic heterocycles. The lowest BCUT2D eigenvalue weighted by Gasteiger charge is -2.31. The summed E-state index contributed by atoms with van der Waals surface area (Å²) >= 11 is 0. The molecule has 0 saturated carbocycles. The zero-order valence-electron chi connectivity index (χ0n) is 16.9. The number of aryl methyl sites for hydroxylation is 2. The Morgan fingerprint density at radius 2 is 2.07 bits per heavy atom. The van der Waals surface area contributed by atoms with Gasteiger partial charge in [-0.3, -0.25) is 4.90 Å². The molecule has 1 aliphatic rings. The van der Waals surface area contributed by atoms with Gasteiger partial charge in [-0.05, 0) is 36.6 Å². The third kappa shape index (κ3) is 4.20. The minimum absolute atomic E-state index is 0.317. The van der Waals surface area contributed by atoms with E-state index in [1.54, 1.807) is 14.0 Å². The van der Waals surface area contributed by atoms with Crippen LogP contribution in [-0.4, -0.2) is 52.5 Å². The molecule has 0 aliphatic carbocycles. The van der Waals surface area contributed by atoms with E-state index in [1.807, 2.05) is 6.07 Å². The first-order chi connectivity index (χ1) is 13.6. The summed E-state index contributed by atoms with van der Waals surface area (Å²) in [7, 11) is 3.82. The minimum Gasteiger partial charge on any atom is -0.497 e. The Balaban J connectivity index is 1.29. The number of likely N-dealkylation sites (tertiary alicyclic amines) is 1. The fourth-order valence-corrected chi connectivity index (χ4v) is 3.94. The maximum absolute atomic E-state index is 6.03. The molecule has 1 aromatic carbocycles. The monoisotopic (exact) mass is 384 g/mol. The number of aromatic nitrogens is 3. The first-order valence-corrected chi connectivity index (χ1v) is 9.87. The van der Waals surface area contributed by atoms with E-state index >= 15 is 0 Å². The average molecular weight is 384 g/mol. The van der Waals surface area contributed by atoms with Crippen molar-refractivity contribution in [2.24, 2.45) is 7.05 Å². The molecule has 7 nitrogen and oxygen atoms in total. The first-order valence-electron chi connectivity index (χ1n) is 9.87. The van der Waals surface area contributed by atoms with Crippen LogP contribution in [0.4, 0.5) is 0 Å². The van der Waals surface area contributed by atoms with Crippen LogP contribution in [0.2, 0.25) is 0 Å². The van der Waals surface area contributed by atoms with Crippen molar-refractivity contribution in [3.63, 3.8) is 0 Å². The highest BCUT2D eigenvalue weighted by Gasteiger charge is 2.21. The van der Waals surface area contributed by atoms with Crippen molar-refractivity contribution in [2.75, 3.05) is 26.8 Å². The fraction of sp³-hybridized carbons (Fsp3) is 0.524. The number of methoxy groups -OCH3 is 1. The maximum atomic E-state index is 6.03. The lowest BCUT2D eigenvalue weighted by Crippen LogP contribution is -2.36. The van der Waals surface area contributed by atoms with Crippen molar-refractivity contribution in [3.05, 3.63) is 41.7 Å². The molecule has 3 heterocycles. The van der Waals surface area contributed by atoms with Gasteiger partial charge in [0.05, 0.1) is 19.8 Å². The van der Waals surface area contributed by atoms with Crippen molar-refractivity contribution in [3.8, 4) is 5.75 Å². The number of piperidine rings is 1. The van der Waals surface area contributed by atoms with Gasteiger partial charge in [-0.2, -0.15) is 4.98 Å². The van der Waals surface area contributed by atoms with E-state index in [-0.39, 0.29) is 0 Å². The van der Waals surface area contributed by atoms with Crippen molar-refractivity contribution < 1.29 is 14.0 Å². The molecule has 0 spiro atoms. The first kappa shape index (κ1) is 19.0. The van der Waals surface area contributed by atoms with E-state index in [1.165, 1.54) is 16.5 Å². The molecule has 1 fully saturated rings. The lowest BCUT2D eigenvalue weighted by atomic mass is 10.1. The molecular weight excluding hydrogens is 356 g/mol. The summed E-state index contributed by atoms with van der Waals surface area (Å²) in [5, 5.41) is 5.18. The minimum atomic E-state index is 0.317. The van der Waals surface area contributed by atoms with E-state index in [4.69, 9.17) is 14.0 Å². The van der Waals surface area contributed by atoms with E-state index in [2.05, 4.69) is 45.0 Å². The Morgan fingerprint density at radius 1 is 1.25 bits per heavy atom. The predicted octanol–water partition coefficient (Wildman–Crippen LogP) is 3.10. The molecule has 2 aromatic heterocycles. The second kappa shape index (κ2) is 8.32. The van der Waals surface area contributed by atoms with Gasteiger partial charge in [0, 0.05) is 57.1 Å². The molecule has 0 atom stereocenters. The van der Waals surface area contributed by atoms with Crippen LogP contribution in [-0.2, 0) is 24.8 Å². The number of hydrogen-bond acceptors (Lipinski definition) is 6. The second-order valence-corrected chi connectivity index (χ2v) is 7.47. The number of rotatable bonds is 7. The number of hydrogen-bond donors (Lipinski definition) is 0. The summed E-state index contributed by atoms with van der Waals surface area (Å²) in [6.07, 6.45) is 5.37. The second-order valence-electron chi connectivity index (χ2n) is 7.47. The quantitative estimate of drug-likeness (QED) is 0.624. The third-order valence-electron chi connectivity index (χ3n) is 5.46. The average Bonchev–Trinajstić information content (AvgIpc) is 3.26. The van der Waals surface area contributed by atoms with Crippen LogP contribution >= 0.6 is 0 Å². The van der Waals surface area contributed by atoms with Gasteiger partial charge in [0.25, 0.3) is 0 Å². The molecule has 0 bridgehead atoms. The Labute approximate surface area is 165 Å². The maximum Gasteiger partial charge on any atom is 0.223 e. The van der Waals surface area contributed by atoms with Crippen molar-refractivity contribution in [1.29, 1.82) is 0 Å². The predicted molar refractivity (Wildman–Crippen MR) is 106 cm³/mol. The lowest BCUT2D eigenvalue weighted by molar-refractivity contribution is 0.00683. The van der Waals surface area contributed by atoms with E-state index in [0.29, 0.717) is 25.0 Å². The van der Waals surface area contributed by atoms with Crippen LogP contribution in [0.3, 0.4) is 0 Å². The number of benzene rings is 1. The normalized spacial score (nSPS) is 16.1. The van der Waals surface area contributed by atoms with Crippen molar-refractivity contribution in [1.82, 2.24) is 19.6 Å². The molecule has 28 heavy (non-hydrogen) atoms. The SMILES string of the molecule is COc1ccc2c(c1)c(CN1CCC(OCCc3noc(C)n3)CC1)cn2C. The molecule has 0 amide bonds. The zero-order valence-corrected chi connectivity index (χ0v) is 16.9. The van der Waals surface area contributed by atoms with Crippen molar-refractivity contribution in [2.45, 2.75) is 38.8 Å². The van der Waals surface area contributed by atoms with Gasteiger partial charge < -0.3 is 18.6 Å². The summed E-state index contributed by atoms with van der Waals surface area (Å²) in [5.41, 5.74) is 2.59. The summed E-state index contributed by atoms with van der Waals surface area (Å²) in [6, 6.07) is 6.29. The van der Waals surface area contributed by atoms with Crippen LogP contribution < -0.4 is 4.74 Å². The van der Waals surface area contributed by atoms with Crippen LogP contribution in [0, 0.1) is 6.92 Å². The highest BCUT2D eigenvalue weighted by atomic mass is 16.5. The molecule has 4 rings (SSSR count). The summed E-state index contributed by atoms with van der Waals surface area (Å²) in [4.78, 5) is 6.73. The molecule has 150 valence electrons. The number of fused-ring (bicyclic) bond motifs is 1. The molecular formula is C21H28N4O3. The van der Waals surface area contributed by atoms with Gasteiger partial charge in [-0.15, -0.1) is 0 Å². The van der Waals surface area contributed by atoms with E-state index in [0.717, 1.165) is 44.0 Å². The molecule has 3 aromatic rings. The van der Waals surface area contributed by atoms with Gasteiger partial charge in [0.1, 0.15) is 5.75 Å². The third-order valence-corrected chi connectivity index (χ3v) is 5.46. The molecule has 7 heteroatoms. The summed E-state index contributed by atoms with van der Waals surface area (Å²) in [5.74, 6) is 2.24. The Morgan fingerprint density at radius 3 is 2.79 bits per heavy atom. The van der Waals surface area contributed by atoms with Crippen LogP contribution in [0.15, 0.2) is 28.9 Å². The Bertz CT molecular complexity index is 925. The number of nitrogens with zero attached hydrogens (tertiary/aromatic N) is 4. The molecule has 1 saturated heterocycles. The van der Waals surface area contributed by atoms with Crippen LogP contribution in [0.1, 0.15) is 30.1 Å². The summed E-state index contributed by atoms with van der Waals surface area (Å²) in [6.45, 7) is 5.50. The highest BCUT2D eigenvalue weighted by Crippen LogP contribution is 2.27. The fourth-order valence-electron chi connectivity index (χ4n) is 3.94. The smallest absolute Gasteiger partial charge is 0.223 e. The van der Waals surface area contributed by atoms with Gasteiger partial charge >= 0.3 is 0 Å². The summed E-state index contributed by atoms with van der Waals surface area (Å²) < 4.78 is 18.6. The molecule has 0 unspecified atom stereocenters. The van der Waals surface area contributed by atoms with Gasteiger partial charge in [-0.25, -0.2) is 0 Å². The van der Waals surface area contributed by atoms with Gasteiger partial charge in [0.15, 0.2) is 5.82 Å². The standard InChI is InChI=1S/C21H28N4O3/c1-15-22-21(23-28-15)8-11-27-17-6-9-25(10-7-17)14-16-13-24(2)20-5-4-18(26-3)12-19(16)20/h4-5,12-13,17H,6-11,14H2,1-3H3. The van der Waals surface area contributed by atoms with E-state index in [9.17, 15) is 0 Å². The van der Waals surface area contributed by atoms with Gasteiger partial charge in [-0.1, -0.05) is 5.16 Å². The highest BCUT2D eigenvalue weighted by molar-refractivity contribution is 5.85. The largest absolute Gasteiger partial charge is 0.497 e. The van der Waals surface area contributed by atoms with E-state index < -0.39 is 0 Å². The molecule has 0 N–H and O–H groups in total. The molecule has 0 radical (unpaired) electrons. The Kier molecular flexibility index (Phi) is 5.64. The topological polar surface area (TPSA) is 65.6 Å². The zero-order chi connectivity index (χ0) is 19.5. The van der Waals surface area contributed by atoms with Gasteiger partial charge in [0.2, 0.25) is 5.89 Å². The number of ether oxygens (including phenoxy) is 2.